The van der Waals surface area contributed by atoms with Gasteiger partial charge in [0.25, 0.3) is 5.91 Å². The Morgan fingerprint density at radius 1 is 1.44 bits per heavy atom. The van der Waals surface area contributed by atoms with Gasteiger partial charge in [0.1, 0.15) is 0 Å². The van der Waals surface area contributed by atoms with E-state index in [0.29, 0.717) is 18.2 Å². The second-order valence-corrected chi connectivity index (χ2v) is 4.66. The lowest BCUT2D eigenvalue weighted by molar-refractivity contribution is 0.0922. The lowest BCUT2D eigenvalue weighted by atomic mass is 10.1. The highest BCUT2D eigenvalue weighted by Crippen LogP contribution is 2.17. The molecule has 1 amide bonds. The Kier molecular flexibility index (Phi) is 4.52. The topological polar surface area (TPSA) is 55.1 Å². The number of carbonyl (C=O) groups is 1. The van der Waals surface area contributed by atoms with Crippen LogP contribution in [0.15, 0.2) is 10.8 Å². The molecule has 1 heterocycles. The van der Waals surface area contributed by atoms with E-state index in [4.69, 9.17) is 4.42 Å². The Balaban J connectivity index is 2.56. The number of nitrogens with zero attached hydrogens (tertiary/aromatic N) is 1. The zero-order valence-corrected chi connectivity index (χ0v) is 10.4. The third-order valence-corrected chi connectivity index (χ3v) is 2.36. The maximum atomic E-state index is 11.8. The van der Waals surface area contributed by atoms with Gasteiger partial charge in [-0.15, -0.1) is 0 Å². The van der Waals surface area contributed by atoms with Crippen molar-refractivity contribution in [2.75, 3.05) is 6.54 Å². The summed E-state index contributed by atoms with van der Waals surface area (Å²) in [6.45, 7) is 8.90. The monoisotopic (exact) mass is 224 g/mol. The van der Waals surface area contributed by atoms with Gasteiger partial charge in [-0.05, 0) is 18.3 Å². The van der Waals surface area contributed by atoms with Crippen molar-refractivity contribution in [1.82, 2.24) is 10.3 Å². The molecule has 4 nitrogen and oxygen atoms in total. The zero-order valence-electron chi connectivity index (χ0n) is 10.4. The first kappa shape index (κ1) is 12.7. The van der Waals surface area contributed by atoms with Crippen molar-refractivity contribution >= 4 is 5.91 Å². The van der Waals surface area contributed by atoms with Crippen LogP contribution in [0.1, 0.15) is 56.3 Å². The molecule has 0 bridgehead atoms. The fraction of sp³-hybridized carbons (Fsp3) is 0.667. The normalized spacial score (nSPS) is 11.1. The van der Waals surface area contributed by atoms with Gasteiger partial charge in [0, 0.05) is 6.54 Å². The molecular formula is C12H20N2O2. The van der Waals surface area contributed by atoms with Gasteiger partial charge in [-0.1, -0.05) is 27.7 Å². The van der Waals surface area contributed by atoms with Crippen LogP contribution in [0.3, 0.4) is 0 Å². The second-order valence-electron chi connectivity index (χ2n) is 4.66. The summed E-state index contributed by atoms with van der Waals surface area (Å²) < 4.78 is 5.12. The minimum atomic E-state index is -0.165. The van der Waals surface area contributed by atoms with Gasteiger partial charge < -0.3 is 9.73 Å². The van der Waals surface area contributed by atoms with Gasteiger partial charge in [0.2, 0.25) is 5.76 Å². The highest BCUT2D eigenvalue weighted by molar-refractivity contribution is 5.92. The standard InChI is InChI=1S/C12H20N2O2/c1-8(2)5-6-13-12(15)11-10(9(3)4)14-7-16-11/h7-9H,5-6H2,1-4H3,(H,13,15). The maximum Gasteiger partial charge on any atom is 0.289 e. The molecule has 4 heteroatoms. The Labute approximate surface area is 96.4 Å². The predicted octanol–water partition coefficient (Wildman–Crippen LogP) is 2.57. The van der Waals surface area contributed by atoms with Gasteiger partial charge in [-0.25, -0.2) is 4.98 Å². The molecule has 16 heavy (non-hydrogen) atoms. The van der Waals surface area contributed by atoms with E-state index in [1.807, 2.05) is 13.8 Å². The van der Waals surface area contributed by atoms with Gasteiger partial charge in [-0.2, -0.15) is 0 Å². The number of carbonyl (C=O) groups excluding carboxylic acids is 1. The lowest BCUT2D eigenvalue weighted by Crippen LogP contribution is -2.26. The van der Waals surface area contributed by atoms with Crippen molar-refractivity contribution in [3.8, 4) is 0 Å². The molecule has 0 unspecified atom stereocenters. The van der Waals surface area contributed by atoms with Gasteiger partial charge >= 0.3 is 0 Å². The van der Waals surface area contributed by atoms with E-state index in [0.717, 1.165) is 12.1 Å². The minimum absolute atomic E-state index is 0.165. The molecule has 1 aromatic heterocycles. The number of amides is 1. The summed E-state index contributed by atoms with van der Waals surface area (Å²) in [7, 11) is 0. The first-order valence-electron chi connectivity index (χ1n) is 5.74. The number of hydrogen-bond acceptors (Lipinski definition) is 3. The molecule has 0 aromatic carbocycles. The summed E-state index contributed by atoms with van der Waals surface area (Å²) in [6, 6.07) is 0. The predicted molar refractivity (Wildman–Crippen MR) is 62.4 cm³/mol. The van der Waals surface area contributed by atoms with E-state index in [-0.39, 0.29) is 11.8 Å². The summed E-state index contributed by atoms with van der Waals surface area (Å²) >= 11 is 0. The number of rotatable bonds is 5. The van der Waals surface area contributed by atoms with Crippen molar-refractivity contribution in [3.63, 3.8) is 0 Å². The Morgan fingerprint density at radius 2 is 2.12 bits per heavy atom. The molecule has 1 aromatic rings. The fourth-order valence-electron chi connectivity index (χ4n) is 1.39. The van der Waals surface area contributed by atoms with Crippen molar-refractivity contribution in [3.05, 3.63) is 17.8 Å². The zero-order chi connectivity index (χ0) is 12.1. The molecule has 0 saturated carbocycles. The number of nitrogens with one attached hydrogen (secondary N) is 1. The van der Waals surface area contributed by atoms with Crippen molar-refractivity contribution in [1.29, 1.82) is 0 Å². The van der Waals surface area contributed by atoms with Crippen LogP contribution >= 0.6 is 0 Å². The average molecular weight is 224 g/mol. The van der Waals surface area contributed by atoms with Crippen LogP contribution in [-0.2, 0) is 0 Å². The van der Waals surface area contributed by atoms with Crippen LogP contribution < -0.4 is 5.32 Å². The van der Waals surface area contributed by atoms with Gasteiger partial charge in [-0.3, -0.25) is 4.79 Å². The summed E-state index contributed by atoms with van der Waals surface area (Å²) in [5, 5.41) is 2.84. The van der Waals surface area contributed by atoms with Gasteiger partial charge in [0.05, 0.1) is 5.69 Å². The number of oxazole rings is 1. The summed E-state index contributed by atoms with van der Waals surface area (Å²) in [4.78, 5) is 15.8. The first-order valence-corrected chi connectivity index (χ1v) is 5.74. The molecule has 0 aliphatic carbocycles. The van der Waals surface area contributed by atoms with Crippen LogP contribution in [0.2, 0.25) is 0 Å². The summed E-state index contributed by atoms with van der Waals surface area (Å²) in [6.07, 6.45) is 2.30. The minimum Gasteiger partial charge on any atom is -0.438 e. The number of hydrogen-bond donors (Lipinski definition) is 1. The Hall–Kier alpha value is -1.32. The lowest BCUT2D eigenvalue weighted by Gasteiger charge is -2.07. The molecule has 1 rings (SSSR count). The second kappa shape index (κ2) is 5.68. The first-order chi connectivity index (χ1) is 7.52. The molecule has 0 radical (unpaired) electrons. The van der Waals surface area contributed by atoms with E-state index in [1.165, 1.54) is 6.39 Å². The molecule has 0 atom stereocenters. The fourth-order valence-corrected chi connectivity index (χ4v) is 1.39. The molecule has 0 fully saturated rings. The van der Waals surface area contributed by atoms with Crippen LogP contribution in [0, 0.1) is 5.92 Å². The van der Waals surface area contributed by atoms with Crippen molar-refractivity contribution in [2.45, 2.75) is 40.0 Å². The summed E-state index contributed by atoms with van der Waals surface area (Å²) in [5.74, 6) is 0.963. The van der Waals surface area contributed by atoms with E-state index < -0.39 is 0 Å². The molecular weight excluding hydrogens is 204 g/mol. The van der Waals surface area contributed by atoms with Crippen LogP contribution in [0.4, 0.5) is 0 Å². The van der Waals surface area contributed by atoms with E-state index in [2.05, 4.69) is 24.1 Å². The number of aromatic nitrogens is 1. The van der Waals surface area contributed by atoms with Crippen LogP contribution in [0.5, 0.6) is 0 Å². The molecule has 0 saturated heterocycles. The SMILES string of the molecule is CC(C)CCNC(=O)c1ocnc1C(C)C. The molecule has 1 N–H and O–H groups in total. The van der Waals surface area contributed by atoms with E-state index >= 15 is 0 Å². The van der Waals surface area contributed by atoms with Crippen molar-refractivity contribution in [2.24, 2.45) is 5.92 Å². The van der Waals surface area contributed by atoms with E-state index in [1.54, 1.807) is 0 Å². The highest BCUT2D eigenvalue weighted by Gasteiger charge is 2.18. The maximum absolute atomic E-state index is 11.8. The third-order valence-electron chi connectivity index (χ3n) is 2.36. The van der Waals surface area contributed by atoms with Crippen LogP contribution in [-0.4, -0.2) is 17.4 Å². The smallest absolute Gasteiger partial charge is 0.289 e. The van der Waals surface area contributed by atoms with E-state index in [9.17, 15) is 4.79 Å². The third kappa shape index (κ3) is 3.36. The Morgan fingerprint density at radius 3 is 2.69 bits per heavy atom. The van der Waals surface area contributed by atoms with Gasteiger partial charge in [0.15, 0.2) is 6.39 Å². The molecule has 0 aliphatic heterocycles. The molecule has 0 aliphatic rings. The average Bonchev–Trinajstić information content (AvgIpc) is 2.65. The molecule has 0 spiro atoms. The van der Waals surface area contributed by atoms with Crippen LogP contribution in [0.25, 0.3) is 0 Å². The largest absolute Gasteiger partial charge is 0.438 e. The summed E-state index contributed by atoms with van der Waals surface area (Å²) in [5.41, 5.74) is 0.724. The quantitative estimate of drug-likeness (QED) is 0.836. The highest BCUT2D eigenvalue weighted by atomic mass is 16.3. The molecule has 90 valence electrons. The Bertz CT molecular complexity index is 343. The van der Waals surface area contributed by atoms with Crippen molar-refractivity contribution < 1.29 is 9.21 Å².